The quantitative estimate of drug-likeness (QED) is 0.671. The molecule has 0 aliphatic carbocycles. The van der Waals surface area contributed by atoms with Crippen molar-refractivity contribution >= 4 is 5.91 Å². The molecule has 2 aromatic carbocycles. The van der Waals surface area contributed by atoms with Gasteiger partial charge in [-0.15, -0.1) is 0 Å². The molecule has 1 N–H and O–H groups in total. The van der Waals surface area contributed by atoms with Crippen LogP contribution in [-0.2, 0) is 24.7 Å². The fraction of sp³-hybridized carbons (Fsp3) is 0.360. The van der Waals surface area contributed by atoms with E-state index < -0.39 is 0 Å². The Hall–Kier alpha value is -3.08. The maximum absolute atomic E-state index is 12.9. The van der Waals surface area contributed by atoms with Gasteiger partial charge in [0.1, 0.15) is 5.75 Å². The monoisotopic (exact) mass is 403 g/mol. The zero-order valence-electron chi connectivity index (χ0n) is 17.9. The van der Waals surface area contributed by atoms with Crippen molar-refractivity contribution in [2.24, 2.45) is 7.05 Å². The Bertz CT molecular complexity index is 1040. The smallest absolute Gasteiger partial charge is 0.221 e. The molecule has 0 fully saturated rings. The van der Waals surface area contributed by atoms with Gasteiger partial charge in [-0.25, -0.2) is 0 Å². The van der Waals surface area contributed by atoms with Crippen LogP contribution in [0.3, 0.4) is 0 Å². The molecule has 156 valence electrons. The summed E-state index contributed by atoms with van der Waals surface area (Å²) in [5.74, 6) is 1.01. The molecule has 1 unspecified atom stereocenters. The zero-order valence-corrected chi connectivity index (χ0v) is 17.9. The van der Waals surface area contributed by atoms with Crippen molar-refractivity contribution in [2.45, 2.75) is 45.6 Å². The van der Waals surface area contributed by atoms with Gasteiger partial charge >= 0.3 is 0 Å². The Morgan fingerprint density at radius 1 is 1.17 bits per heavy atom. The first-order valence-corrected chi connectivity index (χ1v) is 10.6. The molecule has 3 aromatic rings. The van der Waals surface area contributed by atoms with Crippen LogP contribution in [0.15, 0.2) is 48.5 Å². The number of ether oxygens (including phenoxy) is 1. The van der Waals surface area contributed by atoms with Crippen LogP contribution < -0.4 is 10.1 Å². The highest BCUT2D eigenvalue weighted by molar-refractivity contribution is 5.77. The predicted molar refractivity (Wildman–Crippen MR) is 118 cm³/mol. The number of carbonyl (C=O) groups excluding carboxylic acids is 1. The third-order valence-electron chi connectivity index (χ3n) is 5.97. The Kier molecular flexibility index (Phi) is 5.88. The molecule has 30 heavy (non-hydrogen) atoms. The first-order valence-electron chi connectivity index (χ1n) is 10.6. The summed E-state index contributed by atoms with van der Waals surface area (Å²) in [6, 6.07) is 16.3. The summed E-state index contributed by atoms with van der Waals surface area (Å²) >= 11 is 0. The second-order valence-corrected chi connectivity index (χ2v) is 8.00. The van der Waals surface area contributed by atoms with Gasteiger partial charge < -0.3 is 10.1 Å². The standard InChI is InChI=1S/C25H29N3O2/c1-17-22(18(2)28(3)27-17)12-14-24(29)26-25(19-8-5-4-6-9-19)21-11-13-23-20(16-21)10-7-15-30-23/h4-6,8-9,11,13,16,25H,7,10,12,14-15H2,1-3H3,(H,26,29). The molecule has 5 heteroatoms. The van der Waals surface area contributed by atoms with E-state index in [-0.39, 0.29) is 11.9 Å². The lowest BCUT2D eigenvalue weighted by molar-refractivity contribution is -0.121. The van der Waals surface area contributed by atoms with E-state index in [0.29, 0.717) is 12.8 Å². The number of benzene rings is 2. The number of amides is 1. The van der Waals surface area contributed by atoms with Crippen LogP contribution in [0, 0.1) is 13.8 Å². The van der Waals surface area contributed by atoms with E-state index in [0.717, 1.165) is 53.3 Å². The molecule has 2 heterocycles. The molecule has 0 saturated carbocycles. The second-order valence-electron chi connectivity index (χ2n) is 8.00. The van der Waals surface area contributed by atoms with Gasteiger partial charge in [-0.2, -0.15) is 5.10 Å². The molecule has 0 bridgehead atoms. The highest BCUT2D eigenvalue weighted by atomic mass is 16.5. The fourth-order valence-corrected chi connectivity index (χ4v) is 4.22. The average Bonchev–Trinajstić information content (AvgIpc) is 3.01. The van der Waals surface area contributed by atoms with Crippen molar-refractivity contribution in [1.82, 2.24) is 15.1 Å². The van der Waals surface area contributed by atoms with E-state index in [4.69, 9.17) is 4.74 Å². The van der Waals surface area contributed by atoms with Gasteiger partial charge in [0.2, 0.25) is 5.91 Å². The van der Waals surface area contributed by atoms with E-state index in [9.17, 15) is 4.79 Å². The molecule has 1 amide bonds. The minimum atomic E-state index is -0.179. The van der Waals surface area contributed by atoms with E-state index in [2.05, 4.69) is 41.6 Å². The summed E-state index contributed by atoms with van der Waals surface area (Å²) in [6.07, 6.45) is 3.17. The topological polar surface area (TPSA) is 56.2 Å². The number of aryl methyl sites for hydroxylation is 3. The summed E-state index contributed by atoms with van der Waals surface area (Å²) in [7, 11) is 1.94. The number of nitrogens with one attached hydrogen (secondary N) is 1. The van der Waals surface area contributed by atoms with Crippen molar-refractivity contribution in [3.05, 3.63) is 82.2 Å². The lowest BCUT2D eigenvalue weighted by Gasteiger charge is -2.23. The van der Waals surface area contributed by atoms with E-state index in [1.165, 1.54) is 5.56 Å². The van der Waals surface area contributed by atoms with Crippen molar-refractivity contribution in [3.63, 3.8) is 0 Å². The molecule has 0 spiro atoms. The number of nitrogens with zero attached hydrogens (tertiary/aromatic N) is 2. The molecule has 1 aliphatic rings. The van der Waals surface area contributed by atoms with Gasteiger partial charge in [0.15, 0.2) is 0 Å². The summed E-state index contributed by atoms with van der Waals surface area (Å²) in [6.45, 7) is 4.83. The lowest BCUT2D eigenvalue weighted by atomic mass is 9.94. The van der Waals surface area contributed by atoms with Gasteiger partial charge in [0, 0.05) is 19.2 Å². The fourth-order valence-electron chi connectivity index (χ4n) is 4.22. The number of hydrogen-bond donors (Lipinski definition) is 1. The van der Waals surface area contributed by atoms with Crippen molar-refractivity contribution < 1.29 is 9.53 Å². The van der Waals surface area contributed by atoms with Gasteiger partial charge in [-0.3, -0.25) is 9.48 Å². The normalized spacial score (nSPS) is 14.0. The van der Waals surface area contributed by atoms with Crippen LogP contribution in [0.25, 0.3) is 0 Å². The summed E-state index contributed by atoms with van der Waals surface area (Å²) in [5.41, 5.74) is 6.67. The number of carbonyl (C=O) groups is 1. The average molecular weight is 404 g/mol. The SMILES string of the molecule is Cc1nn(C)c(C)c1CCC(=O)NC(c1ccccc1)c1ccc2c(c1)CCCO2. The van der Waals surface area contributed by atoms with Crippen LogP contribution in [0.1, 0.15) is 52.5 Å². The van der Waals surface area contributed by atoms with Crippen LogP contribution in [0.5, 0.6) is 5.75 Å². The second kappa shape index (κ2) is 8.74. The largest absolute Gasteiger partial charge is 0.493 e. The third-order valence-corrected chi connectivity index (χ3v) is 5.97. The molecular formula is C25H29N3O2. The number of hydrogen-bond acceptors (Lipinski definition) is 3. The summed E-state index contributed by atoms with van der Waals surface area (Å²) in [5, 5.41) is 7.72. The van der Waals surface area contributed by atoms with Gasteiger partial charge in [0.05, 0.1) is 18.3 Å². The van der Waals surface area contributed by atoms with Crippen molar-refractivity contribution in [1.29, 1.82) is 0 Å². The lowest BCUT2D eigenvalue weighted by Crippen LogP contribution is -2.29. The van der Waals surface area contributed by atoms with E-state index in [1.54, 1.807) is 0 Å². The maximum atomic E-state index is 12.9. The summed E-state index contributed by atoms with van der Waals surface area (Å²) in [4.78, 5) is 12.9. The van der Waals surface area contributed by atoms with E-state index in [1.807, 2.05) is 42.9 Å². The minimum absolute atomic E-state index is 0.0421. The summed E-state index contributed by atoms with van der Waals surface area (Å²) < 4.78 is 7.64. The maximum Gasteiger partial charge on any atom is 0.221 e. The van der Waals surface area contributed by atoms with Crippen molar-refractivity contribution in [2.75, 3.05) is 6.61 Å². The zero-order chi connectivity index (χ0) is 21.1. The Labute approximate surface area is 178 Å². The number of rotatable bonds is 6. The van der Waals surface area contributed by atoms with Crippen LogP contribution >= 0.6 is 0 Å². The molecule has 0 saturated heterocycles. The molecule has 1 atom stereocenters. The third kappa shape index (κ3) is 4.25. The highest BCUT2D eigenvalue weighted by Crippen LogP contribution is 2.30. The molecule has 5 nitrogen and oxygen atoms in total. The Balaban J connectivity index is 1.54. The molecule has 1 aliphatic heterocycles. The molecular weight excluding hydrogens is 374 g/mol. The van der Waals surface area contributed by atoms with Crippen LogP contribution in [0.2, 0.25) is 0 Å². The Morgan fingerprint density at radius 3 is 2.70 bits per heavy atom. The minimum Gasteiger partial charge on any atom is -0.493 e. The van der Waals surface area contributed by atoms with E-state index >= 15 is 0 Å². The molecule has 0 radical (unpaired) electrons. The Morgan fingerprint density at radius 2 is 1.97 bits per heavy atom. The highest BCUT2D eigenvalue weighted by Gasteiger charge is 2.20. The van der Waals surface area contributed by atoms with Crippen LogP contribution in [0.4, 0.5) is 0 Å². The number of aromatic nitrogens is 2. The molecule has 1 aromatic heterocycles. The van der Waals surface area contributed by atoms with Crippen molar-refractivity contribution in [3.8, 4) is 5.75 Å². The van der Waals surface area contributed by atoms with Gasteiger partial charge in [-0.05, 0) is 67.5 Å². The molecule has 4 rings (SSSR count). The van der Waals surface area contributed by atoms with Gasteiger partial charge in [0.25, 0.3) is 0 Å². The predicted octanol–water partition coefficient (Wildman–Crippen LogP) is 4.20. The van der Waals surface area contributed by atoms with Gasteiger partial charge in [-0.1, -0.05) is 36.4 Å². The number of fused-ring (bicyclic) bond motifs is 1. The van der Waals surface area contributed by atoms with Crippen LogP contribution in [-0.4, -0.2) is 22.3 Å². The first kappa shape index (κ1) is 20.2. The first-order chi connectivity index (χ1) is 14.5.